The molecule has 1 fully saturated rings. The van der Waals surface area contributed by atoms with Crippen molar-refractivity contribution in [2.24, 2.45) is 0 Å². The van der Waals surface area contributed by atoms with Crippen LogP contribution in [-0.4, -0.2) is 81.1 Å². The van der Waals surface area contributed by atoms with E-state index < -0.39 is 0 Å². The van der Waals surface area contributed by atoms with Gasteiger partial charge in [-0.1, -0.05) is 25.6 Å². The quantitative estimate of drug-likeness (QED) is 0.612. The number of ether oxygens (including phenoxy) is 2. The van der Waals surface area contributed by atoms with Gasteiger partial charge in [0.15, 0.2) is 0 Å². The van der Waals surface area contributed by atoms with Gasteiger partial charge in [0.1, 0.15) is 0 Å². The van der Waals surface area contributed by atoms with Crippen LogP contribution < -0.4 is 10.6 Å². The molecule has 1 atom stereocenters. The predicted octanol–water partition coefficient (Wildman–Crippen LogP) is 0.774. The normalized spacial score (nSPS) is 19.9. The monoisotopic (exact) mass is 319 g/mol. The minimum atomic E-state index is -0.00305. The van der Waals surface area contributed by atoms with Crippen LogP contribution in [0.25, 0.3) is 0 Å². The van der Waals surface area contributed by atoms with Crippen LogP contribution in [0.2, 0.25) is 0 Å². The Morgan fingerprint density at radius 3 is 3.00 bits per heavy atom. The maximum absolute atomic E-state index is 11.2. The summed E-state index contributed by atoms with van der Waals surface area (Å²) in [5, 5.41) is 6.17. The molecule has 1 saturated heterocycles. The largest absolute Gasteiger partial charge is 0.379 e. The first-order chi connectivity index (χ1) is 10.1. The Labute approximate surface area is 132 Å². The Balaban J connectivity index is 2.05. The van der Waals surface area contributed by atoms with Gasteiger partial charge in [-0.05, 0) is 6.26 Å². The van der Waals surface area contributed by atoms with Crippen LogP contribution in [0.15, 0.2) is 0 Å². The predicted molar refractivity (Wildman–Crippen MR) is 87.1 cm³/mol. The van der Waals surface area contributed by atoms with Crippen molar-refractivity contribution in [3.05, 3.63) is 0 Å². The van der Waals surface area contributed by atoms with Crippen molar-refractivity contribution in [2.45, 2.75) is 26.0 Å². The number of hydrogen-bond donors (Lipinski definition) is 2. The lowest BCUT2D eigenvalue weighted by molar-refractivity contribution is -0.0333. The number of carbonyl (C=O) groups is 1. The number of rotatable bonds is 9. The Morgan fingerprint density at radius 1 is 1.48 bits per heavy atom. The molecule has 6 nitrogen and oxygen atoms in total. The highest BCUT2D eigenvalue weighted by Crippen LogP contribution is 2.05. The van der Waals surface area contributed by atoms with E-state index in [9.17, 15) is 4.79 Å². The summed E-state index contributed by atoms with van der Waals surface area (Å²) in [7, 11) is 0. The van der Waals surface area contributed by atoms with Gasteiger partial charge < -0.3 is 20.1 Å². The number of hydrogen-bond acceptors (Lipinski definition) is 6. The summed E-state index contributed by atoms with van der Waals surface area (Å²) in [5.41, 5.74) is 0. The second-order valence-electron chi connectivity index (χ2n) is 5.39. The summed E-state index contributed by atoms with van der Waals surface area (Å²) in [6, 6.07) is 0.505. The van der Waals surface area contributed by atoms with Gasteiger partial charge in [-0.3, -0.25) is 9.69 Å². The highest BCUT2D eigenvalue weighted by atomic mass is 32.2. The summed E-state index contributed by atoms with van der Waals surface area (Å²) in [5.74, 6) is 0. The van der Waals surface area contributed by atoms with Crippen LogP contribution in [0.3, 0.4) is 0 Å². The zero-order chi connectivity index (χ0) is 15.5. The first-order valence-corrected chi connectivity index (χ1v) is 8.81. The molecule has 124 valence electrons. The molecule has 0 saturated carbocycles. The summed E-state index contributed by atoms with van der Waals surface area (Å²) >= 11 is 1.19. The SMILES string of the molecule is CSC(=O)NCC1CN(CCOCCNC(C)C)CCO1. The highest BCUT2D eigenvalue weighted by Gasteiger charge is 2.20. The molecule has 0 aromatic carbocycles. The van der Waals surface area contributed by atoms with E-state index in [4.69, 9.17) is 9.47 Å². The fourth-order valence-electron chi connectivity index (χ4n) is 2.09. The van der Waals surface area contributed by atoms with Crippen molar-refractivity contribution in [3.8, 4) is 0 Å². The van der Waals surface area contributed by atoms with Crippen LogP contribution in [-0.2, 0) is 9.47 Å². The Kier molecular flexibility index (Phi) is 10.0. The number of nitrogens with one attached hydrogen (secondary N) is 2. The average Bonchev–Trinajstić information content (AvgIpc) is 2.48. The fourth-order valence-corrected chi connectivity index (χ4v) is 2.32. The molecule has 7 heteroatoms. The van der Waals surface area contributed by atoms with Crippen molar-refractivity contribution in [2.75, 3.05) is 58.8 Å². The van der Waals surface area contributed by atoms with E-state index in [1.54, 1.807) is 6.26 Å². The maximum atomic E-state index is 11.2. The van der Waals surface area contributed by atoms with Crippen LogP contribution in [0.4, 0.5) is 4.79 Å². The van der Waals surface area contributed by atoms with E-state index >= 15 is 0 Å². The molecule has 1 amide bonds. The zero-order valence-corrected chi connectivity index (χ0v) is 14.2. The molecule has 2 N–H and O–H groups in total. The molecule has 0 aliphatic carbocycles. The molecule has 0 aromatic rings. The number of thioether (sulfide) groups is 1. The van der Waals surface area contributed by atoms with Gasteiger partial charge in [0.05, 0.1) is 25.9 Å². The molecule has 1 heterocycles. The number of carbonyl (C=O) groups excluding carboxylic acids is 1. The standard InChI is InChI=1S/C14H29N3O3S/c1-12(2)15-4-7-19-8-5-17-6-9-20-13(11-17)10-16-14(18)21-3/h12-13,15H,4-11H2,1-3H3,(H,16,18). The van der Waals surface area contributed by atoms with Crippen molar-refractivity contribution in [1.29, 1.82) is 0 Å². The lowest BCUT2D eigenvalue weighted by Crippen LogP contribution is -2.48. The third-order valence-electron chi connectivity index (χ3n) is 3.23. The van der Waals surface area contributed by atoms with Gasteiger partial charge in [0.25, 0.3) is 5.24 Å². The average molecular weight is 319 g/mol. The molecule has 0 aromatic heterocycles. The molecule has 0 radical (unpaired) electrons. The van der Waals surface area contributed by atoms with Crippen LogP contribution in [0, 0.1) is 0 Å². The molecule has 1 unspecified atom stereocenters. The van der Waals surface area contributed by atoms with E-state index in [0.717, 1.165) is 39.4 Å². The molecule has 21 heavy (non-hydrogen) atoms. The lowest BCUT2D eigenvalue weighted by atomic mass is 10.2. The molecule has 1 aliphatic heterocycles. The van der Waals surface area contributed by atoms with Crippen molar-refractivity contribution in [3.63, 3.8) is 0 Å². The summed E-state index contributed by atoms with van der Waals surface area (Å²) in [6.07, 6.45) is 1.85. The van der Waals surface area contributed by atoms with E-state index in [0.29, 0.717) is 19.2 Å². The molecular weight excluding hydrogens is 290 g/mol. The van der Waals surface area contributed by atoms with Gasteiger partial charge in [0.2, 0.25) is 0 Å². The number of nitrogens with zero attached hydrogens (tertiary/aromatic N) is 1. The summed E-state index contributed by atoms with van der Waals surface area (Å²) in [6.45, 7) is 10.6. The Hall–Kier alpha value is -0.340. The van der Waals surface area contributed by atoms with E-state index in [1.165, 1.54) is 11.8 Å². The van der Waals surface area contributed by atoms with Crippen LogP contribution in [0.5, 0.6) is 0 Å². The van der Waals surface area contributed by atoms with E-state index in [2.05, 4.69) is 29.4 Å². The molecular formula is C14H29N3O3S. The van der Waals surface area contributed by atoms with Crippen molar-refractivity contribution < 1.29 is 14.3 Å². The van der Waals surface area contributed by atoms with Crippen molar-refractivity contribution >= 4 is 17.0 Å². The molecule has 0 spiro atoms. The fraction of sp³-hybridized carbons (Fsp3) is 0.929. The second-order valence-corrected chi connectivity index (χ2v) is 6.17. The highest BCUT2D eigenvalue weighted by molar-refractivity contribution is 8.12. The minimum Gasteiger partial charge on any atom is -0.379 e. The third kappa shape index (κ3) is 9.31. The van der Waals surface area contributed by atoms with E-state index in [-0.39, 0.29) is 11.3 Å². The maximum Gasteiger partial charge on any atom is 0.278 e. The molecule has 0 bridgehead atoms. The van der Waals surface area contributed by atoms with Crippen molar-refractivity contribution in [1.82, 2.24) is 15.5 Å². The van der Waals surface area contributed by atoms with Gasteiger partial charge in [-0.15, -0.1) is 0 Å². The Bertz CT molecular complexity index is 293. The lowest BCUT2D eigenvalue weighted by Gasteiger charge is -2.32. The summed E-state index contributed by atoms with van der Waals surface area (Å²) in [4.78, 5) is 13.5. The van der Waals surface area contributed by atoms with Gasteiger partial charge in [-0.25, -0.2) is 0 Å². The molecule has 1 aliphatic rings. The number of morpholine rings is 1. The first-order valence-electron chi connectivity index (χ1n) is 7.58. The topological polar surface area (TPSA) is 62.8 Å². The first kappa shape index (κ1) is 18.7. The Morgan fingerprint density at radius 2 is 2.29 bits per heavy atom. The minimum absolute atomic E-state index is 0.00305. The summed E-state index contributed by atoms with van der Waals surface area (Å²) < 4.78 is 11.3. The van der Waals surface area contributed by atoms with Crippen LogP contribution >= 0.6 is 11.8 Å². The molecule has 1 rings (SSSR count). The number of amides is 1. The van der Waals surface area contributed by atoms with Gasteiger partial charge in [0, 0.05) is 38.8 Å². The van der Waals surface area contributed by atoms with Gasteiger partial charge in [-0.2, -0.15) is 0 Å². The zero-order valence-electron chi connectivity index (χ0n) is 13.4. The van der Waals surface area contributed by atoms with Gasteiger partial charge >= 0.3 is 0 Å². The van der Waals surface area contributed by atoms with E-state index in [1.807, 2.05) is 0 Å². The smallest absolute Gasteiger partial charge is 0.278 e. The third-order valence-corrected chi connectivity index (χ3v) is 3.75. The van der Waals surface area contributed by atoms with Crippen LogP contribution in [0.1, 0.15) is 13.8 Å². The second kappa shape index (κ2) is 11.3.